The molecule has 2 rings (SSSR count). The number of benzene rings is 1. The van der Waals surface area contributed by atoms with Crippen LogP contribution in [0.1, 0.15) is 11.1 Å². The van der Waals surface area contributed by atoms with Gasteiger partial charge in [0, 0.05) is 0 Å². The molecular weight excluding hydrogens is 226 g/mol. The number of hydrogen-bond acceptors (Lipinski definition) is 3. The SMILES string of the molecule is Oc1c(F)cc(/C=C/c2ccnnc2)cc1F. The second kappa shape index (κ2) is 4.69. The average Bonchev–Trinajstić information content (AvgIpc) is 2.34. The van der Waals surface area contributed by atoms with Crippen molar-refractivity contribution < 1.29 is 13.9 Å². The summed E-state index contributed by atoms with van der Waals surface area (Å²) in [6, 6.07) is 3.80. The van der Waals surface area contributed by atoms with Crippen molar-refractivity contribution in [1.29, 1.82) is 0 Å². The van der Waals surface area contributed by atoms with Crippen LogP contribution in [0.15, 0.2) is 30.6 Å². The molecule has 0 aliphatic heterocycles. The Morgan fingerprint density at radius 2 is 1.65 bits per heavy atom. The van der Waals surface area contributed by atoms with Gasteiger partial charge < -0.3 is 5.11 Å². The van der Waals surface area contributed by atoms with Crippen LogP contribution in [0.3, 0.4) is 0 Å². The van der Waals surface area contributed by atoms with Gasteiger partial charge in [-0.05, 0) is 29.3 Å². The molecule has 2 aromatic rings. The van der Waals surface area contributed by atoms with E-state index in [-0.39, 0.29) is 0 Å². The van der Waals surface area contributed by atoms with Crippen LogP contribution in [0.2, 0.25) is 0 Å². The molecule has 1 N–H and O–H groups in total. The zero-order chi connectivity index (χ0) is 12.3. The fourth-order valence-corrected chi connectivity index (χ4v) is 1.27. The second-order valence-corrected chi connectivity index (χ2v) is 3.34. The van der Waals surface area contributed by atoms with Crippen LogP contribution >= 0.6 is 0 Å². The third-order valence-electron chi connectivity index (χ3n) is 2.11. The summed E-state index contributed by atoms with van der Waals surface area (Å²) in [7, 11) is 0. The van der Waals surface area contributed by atoms with E-state index >= 15 is 0 Å². The summed E-state index contributed by atoms with van der Waals surface area (Å²) in [4.78, 5) is 0. The van der Waals surface area contributed by atoms with Gasteiger partial charge in [-0.15, -0.1) is 0 Å². The number of nitrogens with zero attached hydrogens (tertiary/aromatic N) is 2. The molecule has 0 bridgehead atoms. The fraction of sp³-hybridized carbons (Fsp3) is 0. The van der Waals surface area contributed by atoms with Crippen LogP contribution in [0.5, 0.6) is 5.75 Å². The Kier molecular flexibility index (Phi) is 3.09. The molecule has 0 radical (unpaired) electrons. The van der Waals surface area contributed by atoms with Gasteiger partial charge in [0.05, 0.1) is 12.4 Å². The van der Waals surface area contributed by atoms with Crippen molar-refractivity contribution in [3.63, 3.8) is 0 Å². The summed E-state index contributed by atoms with van der Waals surface area (Å²) in [5, 5.41) is 16.2. The normalized spacial score (nSPS) is 10.9. The summed E-state index contributed by atoms with van der Waals surface area (Å²) < 4.78 is 26.0. The van der Waals surface area contributed by atoms with Crippen LogP contribution in [0.4, 0.5) is 8.78 Å². The quantitative estimate of drug-likeness (QED) is 0.868. The van der Waals surface area contributed by atoms with Crippen LogP contribution < -0.4 is 0 Å². The summed E-state index contributed by atoms with van der Waals surface area (Å²) in [5.74, 6) is -2.94. The van der Waals surface area contributed by atoms with E-state index in [0.29, 0.717) is 5.56 Å². The summed E-state index contributed by atoms with van der Waals surface area (Å²) in [6.45, 7) is 0. The first-order valence-corrected chi connectivity index (χ1v) is 4.79. The first-order valence-electron chi connectivity index (χ1n) is 4.79. The highest BCUT2D eigenvalue weighted by Gasteiger charge is 2.07. The second-order valence-electron chi connectivity index (χ2n) is 3.34. The molecule has 17 heavy (non-hydrogen) atoms. The maximum absolute atomic E-state index is 13.0. The lowest BCUT2D eigenvalue weighted by atomic mass is 10.1. The topological polar surface area (TPSA) is 46.0 Å². The Morgan fingerprint density at radius 3 is 2.24 bits per heavy atom. The summed E-state index contributed by atoms with van der Waals surface area (Å²) >= 11 is 0. The molecule has 0 fully saturated rings. The van der Waals surface area contributed by atoms with Gasteiger partial charge in [0.25, 0.3) is 0 Å². The minimum atomic E-state index is -0.988. The van der Waals surface area contributed by atoms with Gasteiger partial charge in [-0.2, -0.15) is 10.2 Å². The highest BCUT2D eigenvalue weighted by atomic mass is 19.1. The van der Waals surface area contributed by atoms with Gasteiger partial charge in [0.2, 0.25) is 0 Å². The molecule has 0 spiro atoms. The van der Waals surface area contributed by atoms with Gasteiger partial charge >= 0.3 is 0 Å². The van der Waals surface area contributed by atoms with Gasteiger partial charge in [-0.1, -0.05) is 12.2 Å². The van der Waals surface area contributed by atoms with Gasteiger partial charge in [-0.25, -0.2) is 8.78 Å². The monoisotopic (exact) mass is 234 g/mol. The Labute approximate surface area is 96.1 Å². The Morgan fingerprint density at radius 1 is 1.00 bits per heavy atom. The van der Waals surface area contributed by atoms with Crippen molar-refractivity contribution >= 4 is 12.2 Å². The molecular formula is C12H8F2N2O. The Bertz CT molecular complexity index is 533. The van der Waals surface area contributed by atoms with Crippen molar-refractivity contribution in [2.45, 2.75) is 0 Å². The van der Waals surface area contributed by atoms with Crippen molar-refractivity contribution in [2.24, 2.45) is 0 Å². The molecule has 86 valence electrons. The average molecular weight is 234 g/mol. The van der Waals surface area contributed by atoms with E-state index in [1.54, 1.807) is 12.1 Å². The Balaban J connectivity index is 2.28. The maximum atomic E-state index is 13.0. The van der Waals surface area contributed by atoms with Crippen LogP contribution in [0, 0.1) is 11.6 Å². The lowest BCUT2D eigenvalue weighted by Gasteiger charge is -1.99. The van der Waals surface area contributed by atoms with Crippen LogP contribution in [-0.2, 0) is 0 Å². The maximum Gasteiger partial charge on any atom is 0.187 e. The fourth-order valence-electron chi connectivity index (χ4n) is 1.27. The number of phenolic OH excluding ortho intramolecular Hbond substituents is 1. The smallest absolute Gasteiger partial charge is 0.187 e. The number of aromatic hydroxyl groups is 1. The zero-order valence-electron chi connectivity index (χ0n) is 8.64. The van der Waals surface area contributed by atoms with Crippen LogP contribution in [-0.4, -0.2) is 15.3 Å². The van der Waals surface area contributed by atoms with Crippen molar-refractivity contribution in [3.8, 4) is 5.75 Å². The molecule has 0 atom stereocenters. The van der Waals surface area contributed by atoms with E-state index in [9.17, 15) is 8.78 Å². The molecule has 1 aromatic heterocycles. The first kappa shape index (κ1) is 11.2. The largest absolute Gasteiger partial charge is 0.503 e. The molecule has 0 saturated carbocycles. The molecule has 0 amide bonds. The summed E-state index contributed by atoms with van der Waals surface area (Å²) in [5.41, 5.74) is 1.07. The first-order chi connectivity index (χ1) is 8.16. The van der Waals surface area contributed by atoms with Crippen molar-refractivity contribution in [1.82, 2.24) is 10.2 Å². The molecule has 1 aromatic carbocycles. The molecule has 1 heterocycles. The third-order valence-corrected chi connectivity index (χ3v) is 2.11. The lowest BCUT2D eigenvalue weighted by Crippen LogP contribution is -1.85. The van der Waals surface area contributed by atoms with Crippen molar-refractivity contribution in [2.75, 3.05) is 0 Å². The molecule has 0 saturated heterocycles. The predicted octanol–water partition coefficient (Wildman–Crippen LogP) is 2.63. The molecule has 0 aliphatic rings. The molecule has 0 aliphatic carbocycles. The Hall–Kier alpha value is -2.30. The van der Waals surface area contributed by atoms with E-state index in [1.165, 1.54) is 18.5 Å². The number of rotatable bonds is 2. The standard InChI is InChI=1S/C12H8F2N2O/c13-10-5-9(6-11(14)12(10)17)2-1-8-3-4-15-16-7-8/h1-7,17H/b2-1+. The van der Waals surface area contributed by atoms with Gasteiger partial charge in [-0.3, -0.25) is 0 Å². The number of phenols is 1. The van der Waals surface area contributed by atoms with E-state index in [1.807, 2.05) is 0 Å². The van der Waals surface area contributed by atoms with E-state index < -0.39 is 17.4 Å². The van der Waals surface area contributed by atoms with Gasteiger partial charge in [0.15, 0.2) is 17.4 Å². The third kappa shape index (κ3) is 2.63. The minimum Gasteiger partial charge on any atom is -0.503 e. The van der Waals surface area contributed by atoms with Crippen LogP contribution in [0.25, 0.3) is 12.2 Å². The minimum absolute atomic E-state index is 0.314. The van der Waals surface area contributed by atoms with E-state index in [2.05, 4.69) is 10.2 Å². The van der Waals surface area contributed by atoms with Crippen molar-refractivity contribution in [3.05, 3.63) is 53.4 Å². The highest BCUT2D eigenvalue weighted by Crippen LogP contribution is 2.22. The molecule has 3 nitrogen and oxygen atoms in total. The number of aromatic nitrogens is 2. The van der Waals surface area contributed by atoms with Gasteiger partial charge in [0.1, 0.15) is 0 Å². The van der Waals surface area contributed by atoms with E-state index in [4.69, 9.17) is 5.11 Å². The number of hydrogen-bond donors (Lipinski definition) is 1. The predicted molar refractivity (Wildman–Crippen MR) is 59.0 cm³/mol. The number of halogens is 2. The highest BCUT2D eigenvalue weighted by molar-refractivity contribution is 5.69. The molecule has 5 heteroatoms. The lowest BCUT2D eigenvalue weighted by molar-refractivity contribution is 0.396. The summed E-state index contributed by atoms with van der Waals surface area (Å²) in [6.07, 6.45) is 6.18. The van der Waals surface area contributed by atoms with E-state index in [0.717, 1.165) is 17.7 Å². The molecule has 0 unspecified atom stereocenters. The zero-order valence-corrected chi connectivity index (χ0v) is 8.64.